The van der Waals surface area contributed by atoms with Crippen LogP contribution in [0.25, 0.3) is 6.08 Å². The Balaban J connectivity index is 1.83. The smallest absolute Gasteiger partial charge is 0.310 e. The van der Waals surface area contributed by atoms with Gasteiger partial charge in [0, 0.05) is 25.2 Å². The molecule has 2 aromatic heterocycles. The number of carbonyl (C=O) groups is 2. The van der Waals surface area contributed by atoms with Gasteiger partial charge >= 0.3 is 5.97 Å². The zero-order valence-electron chi connectivity index (χ0n) is 22.4. The summed E-state index contributed by atoms with van der Waals surface area (Å²) in [6.07, 6.45) is 6.32. The van der Waals surface area contributed by atoms with Crippen molar-refractivity contribution in [1.29, 1.82) is 5.26 Å². The second-order valence-electron chi connectivity index (χ2n) is 9.54. The summed E-state index contributed by atoms with van der Waals surface area (Å²) in [7, 11) is 0. The SMILES string of the molecule is CCCCn1c(N2CCCC(C(=O)OCC)C2)c(/C=C2/SC(=S)N(Cc3ccco3)C2=O)c(C)c(C#N)c1=O. The molecule has 11 heteroatoms. The number of hydrogen-bond acceptors (Lipinski definition) is 9. The molecule has 0 radical (unpaired) electrons. The van der Waals surface area contributed by atoms with E-state index >= 15 is 0 Å². The predicted octanol–water partition coefficient (Wildman–Crippen LogP) is 4.60. The lowest BCUT2D eigenvalue weighted by molar-refractivity contribution is -0.148. The Labute approximate surface area is 237 Å². The van der Waals surface area contributed by atoms with E-state index in [4.69, 9.17) is 21.4 Å². The second kappa shape index (κ2) is 12.7. The van der Waals surface area contributed by atoms with Crippen molar-refractivity contribution in [2.75, 3.05) is 24.6 Å². The number of esters is 1. The number of carbonyl (C=O) groups excluding carboxylic acids is 2. The van der Waals surface area contributed by atoms with Crippen LogP contribution in [0.15, 0.2) is 32.5 Å². The summed E-state index contributed by atoms with van der Waals surface area (Å²) >= 11 is 6.69. The number of thiocarbonyl (C=S) groups is 1. The van der Waals surface area contributed by atoms with Crippen LogP contribution < -0.4 is 10.5 Å². The molecule has 0 aromatic carbocycles. The molecule has 4 heterocycles. The average Bonchev–Trinajstić information content (AvgIpc) is 3.54. The number of nitrogens with zero attached hydrogens (tertiary/aromatic N) is 4. The minimum absolute atomic E-state index is 0.0473. The number of furan rings is 1. The fourth-order valence-electron chi connectivity index (χ4n) is 4.96. The number of nitriles is 1. The van der Waals surface area contributed by atoms with Gasteiger partial charge in [0.05, 0.1) is 30.2 Å². The highest BCUT2D eigenvalue weighted by molar-refractivity contribution is 8.26. The number of anilines is 1. The van der Waals surface area contributed by atoms with Crippen LogP contribution in [0.3, 0.4) is 0 Å². The third-order valence-corrected chi connectivity index (χ3v) is 8.34. The highest BCUT2D eigenvalue weighted by atomic mass is 32.2. The third-order valence-electron chi connectivity index (χ3n) is 6.97. The maximum atomic E-state index is 13.5. The third kappa shape index (κ3) is 5.97. The second-order valence-corrected chi connectivity index (χ2v) is 11.2. The summed E-state index contributed by atoms with van der Waals surface area (Å²) < 4.78 is 12.7. The zero-order chi connectivity index (χ0) is 28.1. The van der Waals surface area contributed by atoms with Crippen LogP contribution in [0.2, 0.25) is 0 Å². The molecule has 1 unspecified atom stereocenters. The lowest BCUT2D eigenvalue weighted by Crippen LogP contribution is -2.43. The van der Waals surface area contributed by atoms with Gasteiger partial charge in [-0.15, -0.1) is 0 Å². The van der Waals surface area contributed by atoms with Gasteiger partial charge in [0.15, 0.2) is 0 Å². The van der Waals surface area contributed by atoms with Crippen molar-refractivity contribution in [2.24, 2.45) is 5.92 Å². The summed E-state index contributed by atoms with van der Waals surface area (Å²) in [4.78, 5) is 43.5. The first-order valence-corrected chi connectivity index (χ1v) is 14.4. The summed E-state index contributed by atoms with van der Waals surface area (Å²) in [6.45, 7) is 7.50. The van der Waals surface area contributed by atoms with Crippen molar-refractivity contribution in [3.8, 4) is 6.07 Å². The van der Waals surface area contributed by atoms with Crippen LogP contribution in [-0.2, 0) is 27.4 Å². The molecule has 206 valence electrons. The number of thioether (sulfide) groups is 1. The highest BCUT2D eigenvalue weighted by Gasteiger charge is 2.35. The Morgan fingerprint density at radius 3 is 2.82 bits per heavy atom. The van der Waals surface area contributed by atoms with Gasteiger partial charge in [-0.25, -0.2) is 0 Å². The number of amides is 1. The predicted molar refractivity (Wildman–Crippen MR) is 154 cm³/mol. The summed E-state index contributed by atoms with van der Waals surface area (Å²) in [6, 6.07) is 5.62. The Bertz CT molecular complexity index is 1390. The molecule has 2 saturated heterocycles. The first-order valence-electron chi connectivity index (χ1n) is 13.2. The molecule has 0 saturated carbocycles. The maximum Gasteiger partial charge on any atom is 0.310 e. The van der Waals surface area contributed by atoms with Gasteiger partial charge in [0.25, 0.3) is 11.5 Å². The topological polar surface area (TPSA) is 109 Å². The van der Waals surface area contributed by atoms with Gasteiger partial charge in [-0.3, -0.25) is 23.9 Å². The monoisotopic (exact) mass is 568 g/mol. The number of rotatable bonds is 9. The van der Waals surface area contributed by atoms with Crippen LogP contribution >= 0.6 is 24.0 Å². The largest absolute Gasteiger partial charge is 0.467 e. The Morgan fingerprint density at radius 1 is 1.36 bits per heavy atom. The lowest BCUT2D eigenvalue weighted by atomic mass is 9.96. The van der Waals surface area contributed by atoms with Crippen molar-refractivity contribution in [3.63, 3.8) is 0 Å². The van der Waals surface area contributed by atoms with E-state index in [2.05, 4.69) is 6.07 Å². The first-order chi connectivity index (χ1) is 18.8. The molecule has 1 atom stereocenters. The standard InChI is InChI=1S/C28H32N4O5S2/c1-4-6-12-31-24(30-11-7-9-19(16-30)27(35)36-5-2)21(18(3)22(15-29)25(31)33)14-23-26(34)32(28(38)39-23)17-20-10-8-13-37-20/h8,10,13-14,19H,4-7,9,11-12,16-17H2,1-3H3/b23-14+. The Morgan fingerprint density at radius 2 is 2.15 bits per heavy atom. The molecule has 0 spiro atoms. The summed E-state index contributed by atoms with van der Waals surface area (Å²) in [5, 5.41) is 9.92. The molecule has 2 aliphatic heterocycles. The average molecular weight is 569 g/mol. The van der Waals surface area contributed by atoms with E-state index in [1.165, 1.54) is 16.7 Å². The number of pyridine rings is 1. The van der Waals surface area contributed by atoms with Crippen LogP contribution in [-0.4, -0.2) is 45.4 Å². The van der Waals surface area contributed by atoms with Gasteiger partial charge in [0.2, 0.25) is 0 Å². The lowest BCUT2D eigenvalue weighted by Gasteiger charge is -2.36. The molecule has 4 rings (SSSR count). The Kier molecular flexibility index (Phi) is 9.30. The maximum absolute atomic E-state index is 13.5. The number of unbranched alkanes of at least 4 members (excludes halogenated alkanes) is 1. The molecule has 9 nitrogen and oxygen atoms in total. The fourth-order valence-corrected chi connectivity index (χ4v) is 6.19. The summed E-state index contributed by atoms with van der Waals surface area (Å²) in [5.41, 5.74) is 0.801. The van der Waals surface area contributed by atoms with Crippen molar-refractivity contribution in [2.45, 2.75) is 59.5 Å². The van der Waals surface area contributed by atoms with Crippen LogP contribution in [0.5, 0.6) is 0 Å². The molecule has 1 amide bonds. The number of aromatic nitrogens is 1. The fraction of sp³-hybridized carbons (Fsp3) is 0.464. The molecule has 39 heavy (non-hydrogen) atoms. The summed E-state index contributed by atoms with van der Waals surface area (Å²) in [5.74, 6) is 0.386. The van der Waals surface area contributed by atoms with Crippen LogP contribution in [0.1, 0.15) is 62.0 Å². The molecular weight excluding hydrogens is 536 g/mol. The number of piperidine rings is 1. The van der Waals surface area contributed by atoms with Gasteiger partial charge in [-0.2, -0.15) is 5.26 Å². The number of ether oxygens (including phenoxy) is 1. The normalized spacial score (nSPS) is 18.6. The van der Waals surface area contributed by atoms with E-state index in [0.717, 1.165) is 19.3 Å². The van der Waals surface area contributed by atoms with Crippen molar-refractivity contribution in [3.05, 3.63) is 56.1 Å². The molecule has 2 fully saturated rings. The van der Waals surface area contributed by atoms with E-state index in [1.54, 1.807) is 42.9 Å². The van der Waals surface area contributed by atoms with Crippen molar-refractivity contribution in [1.82, 2.24) is 9.47 Å². The van der Waals surface area contributed by atoms with E-state index in [0.29, 0.717) is 64.6 Å². The minimum atomic E-state index is -0.362. The minimum Gasteiger partial charge on any atom is -0.467 e. The quantitative estimate of drug-likeness (QED) is 0.243. The van der Waals surface area contributed by atoms with Crippen LogP contribution in [0.4, 0.5) is 5.82 Å². The first kappa shape index (κ1) is 28.6. The van der Waals surface area contributed by atoms with Crippen LogP contribution in [0, 0.1) is 24.2 Å². The highest BCUT2D eigenvalue weighted by Crippen LogP contribution is 2.37. The zero-order valence-corrected chi connectivity index (χ0v) is 24.0. The van der Waals surface area contributed by atoms with E-state index in [-0.39, 0.29) is 35.5 Å². The molecule has 0 bridgehead atoms. The van der Waals surface area contributed by atoms with E-state index in [1.807, 2.05) is 11.8 Å². The number of hydrogen-bond donors (Lipinski definition) is 0. The molecule has 0 aliphatic carbocycles. The Hall–Kier alpha value is -3.36. The van der Waals surface area contributed by atoms with Gasteiger partial charge < -0.3 is 14.1 Å². The van der Waals surface area contributed by atoms with Crippen molar-refractivity contribution < 1.29 is 18.7 Å². The van der Waals surface area contributed by atoms with Gasteiger partial charge in [0.1, 0.15) is 27.5 Å². The molecular formula is C28H32N4O5S2. The van der Waals surface area contributed by atoms with E-state index < -0.39 is 0 Å². The van der Waals surface area contributed by atoms with Gasteiger partial charge in [-0.05, 0) is 56.9 Å². The molecule has 2 aromatic rings. The van der Waals surface area contributed by atoms with Gasteiger partial charge in [-0.1, -0.05) is 37.3 Å². The van der Waals surface area contributed by atoms with E-state index in [9.17, 15) is 19.6 Å². The van der Waals surface area contributed by atoms with Crippen molar-refractivity contribution >= 4 is 52.1 Å². The molecule has 0 N–H and O–H groups in total. The molecule has 2 aliphatic rings.